The van der Waals surface area contributed by atoms with E-state index in [0.29, 0.717) is 17.8 Å². The molecule has 0 radical (unpaired) electrons. The van der Waals surface area contributed by atoms with Crippen LogP contribution in [0.3, 0.4) is 0 Å². The second-order valence-corrected chi connectivity index (χ2v) is 11.3. The van der Waals surface area contributed by atoms with Crippen molar-refractivity contribution in [3.63, 3.8) is 0 Å². The normalized spacial score (nSPS) is 19.7. The molecule has 208 valence electrons. The van der Waals surface area contributed by atoms with Gasteiger partial charge in [-0.25, -0.2) is 9.78 Å². The molecule has 2 atom stereocenters. The zero-order valence-corrected chi connectivity index (χ0v) is 23.2. The largest absolute Gasteiger partial charge is 0.444 e. The highest BCUT2D eigenvalue weighted by Crippen LogP contribution is 2.41. The van der Waals surface area contributed by atoms with Gasteiger partial charge in [-0.2, -0.15) is 4.98 Å². The molecule has 1 unspecified atom stereocenters. The van der Waals surface area contributed by atoms with Crippen LogP contribution in [-0.4, -0.2) is 52.0 Å². The van der Waals surface area contributed by atoms with Gasteiger partial charge in [0, 0.05) is 37.4 Å². The lowest BCUT2D eigenvalue weighted by atomic mass is 9.94. The first-order chi connectivity index (χ1) is 18.8. The predicted molar refractivity (Wildman–Crippen MR) is 151 cm³/mol. The summed E-state index contributed by atoms with van der Waals surface area (Å²) in [5.41, 5.74) is 3.30. The number of amides is 2. The maximum Gasteiger partial charge on any atom is 0.416 e. The van der Waals surface area contributed by atoms with Crippen molar-refractivity contribution in [2.45, 2.75) is 83.6 Å². The van der Waals surface area contributed by atoms with Gasteiger partial charge in [0.2, 0.25) is 11.9 Å². The molecule has 9 nitrogen and oxygen atoms in total. The molecule has 2 aliphatic heterocycles. The van der Waals surface area contributed by atoms with Gasteiger partial charge in [-0.15, -0.1) is 0 Å². The summed E-state index contributed by atoms with van der Waals surface area (Å²) in [4.78, 5) is 37.3. The van der Waals surface area contributed by atoms with Crippen molar-refractivity contribution in [3.8, 4) is 0 Å². The van der Waals surface area contributed by atoms with Gasteiger partial charge >= 0.3 is 6.09 Å². The summed E-state index contributed by atoms with van der Waals surface area (Å²) in [5, 5.41) is 6.47. The molecule has 3 heterocycles. The lowest BCUT2D eigenvalue weighted by Gasteiger charge is -2.38. The second kappa shape index (κ2) is 11.7. The lowest BCUT2D eigenvalue weighted by molar-refractivity contribution is -0.117. The predicted octanol–water partition coefficient (Wildman–Crippen LogP) is 5.12. The Hall–Kier alpha value is -3.46. The number of carbonyl (C=O) groups excluding carboxylic acids is 2. The number of piperidine rings is 1. The Balaban J connectivity index is 1.25. The van der Waals surface area contributed by atoms with E-state index in [1.807, 2.05) is 13.8 Å². The maximum absolute atomic E-state index is 12.3. The average Bonchev–Trinajstić information content (AvgIpc) is 3.76. The molecule has 2 amide bonds. The van der Waals surface area contributed by atoms with Gasteiger partial charge in [0.15, 0.2) is 0 Å². The number of cyclic esters (lactones) is 1. The van der Waals surface area contributed by atoms with Crippen molar-refractivity contribution in [1.82, 2.24) is 20.2 Å². The molecule has 0 bridgehead atoms. The molecule has 39 heavy (non-hydrogen) atoms. The van der Waals surface area contributed by atoms with Crippen LogP contribution in [0, 0.1) is 5.92 Å². The van der Waals surface area contributed by atoms with Crippen molar-refractivity contribution in [2.75, 3.05) is 23.3 Å². The average molecular weight is 533 g/mol. The number of carbonyl (C=O) groups is 2. The fraction of sp³-hybridized carbons (Fsp3) is 0.533. The minimum Gasteiger partial charge on any atom is -0.444 e. The summed E-state index contributed by atoms with van der Waals surface area (Å²) in [7, 11) is 0. The highest BCUT2D eigenvalue weighted by atomic mass is 16.6. The third-order valence-corrected chi connectivity index (χ3v) is 8.06. The van der Waals surface area contributed by atoms with Gasteiger partial charge in [0.05, 0.1) is 11.6 Å². The van der Waals surface area contributed by atoms with Crippen molar-refractivity contribution in [1.29, 1.82) is 0 Å². The van der Waals surface area contributed by atoms with E-state index in [0.717, 1.165) is 43.0 Å². The molecule has 2 aromatic rings. The van der Waals surface area contributed by atoms with Crippen LogP contribution in [0.25, 0.3) is 0 Å². The highest BCUT2D eigenvalue weighted by molar-refractivity contribution is 5.89. The summed E-state index contributed by atoms with van der Waals surface area (Å²) in [6.07, 6.45) is 8.48. The number of likely N-dealkylation sites (tertiary alicyclic amines) is 1. The second-order valence-electron chi connectivity index (χ2n) is 11.3. The van der Waals surface area contributed by atoms with Crippen LogP contribution < -0.4 is 15.5 Å². The van der Waals surface area contributed by atoms with Crippen LogP contribution in [0.15, 0.2) is 43.1 Å². The van der Waals surface area contributed by atoms with E-state index in [9.17, 15) is 9.59 Å². The molecule has 1 aromatic heterocycles. The number of ether oxygens (including phenoxy) is 1. The van der Waals surface area contributed by atoms with E-state index < -0.39 is 0 Å². The third kappa shape index (κ3) is 6.41. The summed E-state index contributed by atoms with van der Waals surface area (Å²) in [6.45, 7) is 11.7. The topological polar surface area (TPSA) is 99.7 Å². The van der Waals surface area contributed by atoms with Crippen LogP contribution in [-0.2, 0) is 16.1 Å². The van der Waals surface area contributed by atoms with Gasteiger partial charge in [-0.3, -0.25) is 14.6 Å². The fourth-order valence-corrected chi connectivity index (χ4v) is 5.59. The maximum atomic E-state index is 12.3. The van der Waals surface area contributed by atoms with E-state index in [2.05, 4.69) is 63.3 Å². The zero-order valence-electron chi connectivity index (χ0n) is 23.2. The van der Waals surface area contributed by atoms with E-state index in [1.54, 1.807) is 11.1 Å². The third-order valence-electron chi connectivity index (χ3n) is 8.06. The van der Waals surface area contributed by atoms with Crippen molar-refractivity contribution >= 4 is 23.8 Å². The molecule has 0 spiro atoms. The molecule has 1 aromatic carbocycles. The lowest BCUT2D eigenvalue weighted by Crippen LogP contribution is -2.45. The van der Waals surface area contributed by atoms with E-state index in [1.165, 1.54) is 30.9 Å². The monoisotopic (exact) mass is 532 g/mol. The number of anilines is 2. The Morgan fingerprint density at radius 3 is 2.46 bits per heavy atom. The molecule has 1 saturated carbocycles. The Morgan fingerprint density at radius 2 is 1.82 bits per heavy atom. The van der Waals surface area contributed by atoms with Gasteiger partial charge in [0.25, 0.3) is 0 Å². The number of aromatic nitrogens is 2. The first kappa shape index (κ1) is 27.1. The van der Waals surface area contributed by atoms with Crippen LogP contribution in [0.2, 0.25) is 0 Å². The van der Waals surface area contributed by atoms with E-state index in [-0.39, 0.29) is 36.7 Å². The fourth-order valence-electron chi connectivity index (χ4n) is 5.59. The number of hydrogen-bond donors (Lipinski definition) is 2. The van der Waals surface area contributed by atoms with Crippen molar-refractivity contribution in [2.24, 2.45) is 5.92 Å². The summed E-state index contributed by atoms with van der Waals surface area (Å²) in [5.74, 6) is 1.83. The molecule has 5 rings (SSSR count). The molecular weight excluding hydrogens is 492 g/mol. The Bertz CT molecular complexity index is 1190. The SMILES string of the molecule is C=CC(=O)NC1CCN(C(CC2CC2)c2ccc([C@H](C)Nc3ncc4c(n3)N(C(C)C)C(=O)OC4)cc2)CC1. The van der Waals surface area contributed by atoms with Crippen molar-refractivity contribution in [3.05, 3.63) is 59.8 Å². The zero-order chi connectivity index (χ0) is 27.5. The van der Waals surface area contributed by atoms with Crippen LogP contribution in [0.5, 0.6) is 0 Å². The van der Waals surface area contributed by atoms with E-state index in [4.69, 9.17) is 4.74 Å². The number of nitrogens with zero attached hydrogens (tertiary/aromatic N) is 4. The van der Waals surface area contributed by atoms with Gasteiger partial charge < -0.3 is 15.4 Å². The number of benzene rings is 1. The minimum absolute atomic E-state index is 0.00811. The van der Waals surface area contributed by atoms with Gasteiger partial charge in [-0.1, -0.05) is 43.7 Å². The van der Waals surface area contributed by atoms with Crippen LogP contribution in [0.4, 0.5) is 16.6 Å². The number of rotatable bonds is 10. The first-order valence-electron chi connectivity index (χ1n) is 14.2. The van der Waals surface area contributed by atoms with Crippen molar-refractivity contribution < 1.29 is 14.3 Å². The Labute approximate surface area is 231 Å². The molecule has 3 aliphatic rings. The minimum atomic E-state index is -0.378. The molecule has 9 heteroatoms. The number of nitrogens with one attached hydrogen (secondary N) is 2. The summed E-state index contributed by atoms with van der Waals surface area (Å²) in [6, 6.07) is 9.46. The van der Waals surface area contributed by atoms with Crippen LogP contribution >= 0.6 is 0 Å². The Morgan fingerprint density at radius 1 is 1.13 bits per heavy atom. The molecule has 1 saturated heterocycles. The summed E-state index contributed by atoms with van der Waals surface area (Å²) >= 11 is 0. The first-order valence-corrected chi connectivity index (χ1v) is 14.2. The highest BCUT2D eigenvalue weighted by Gasteiger charge is 2.33. The standard InChI is InChI=1S/C30H40N6O3/c1-5-27(37)33-25-12-14-35(15-13-25)26(16-21-6-7-21)23-10-8-22(9-11-23)20(4)32-29-31-17-24-18-39-30(38)36(19(2)3)28(24)34-29/h5,8-11,17,19-21,25-26H,1,6-7,12-16,18H2,2-4H3,(H,33,37)(H,31,32,34)/t20-,26?/m0/s1. The van der Waals surface area contributed by atoms with Gasteiger partial charge in [-0.05, 0) is 63.2 Å². The summed E-state index contributed by atoms with van der Waals surface area (Å²) < 4.78 is 5.26. The Kier molecular flexibility index (Phi) is 8.16. The quantitative estimate of drug-likeness (QED) is 0.410. The molecule has 2 fully saturated rings. The molecule has 1 aliphatic carbocycles. The van der Waals surface area contributed by atoms with Gasteiger partial charge in [0.1, 0.15) is 12.4 Å². The molecule has 2 N–H and O–H groups in total. The van der Waals surface area contributed by atoms with Crippen LogP contribution in [0.1, 0.15) is 81.6 Å². The molecular formula is C30H40N6O3. The smallest absolute Gasteiger partial charge is 0.416 e. The number of hydrogen-bond acceptors (Lipinski definition) is 7. The van der Waals surface area contributed by atoms with E-state index >= 15 is 0 Å². The number of fused-ring (bicyclic) bond motifs is 1.